The maximum Gasteiger partial charge on any atom is 0.335 e. The summed E-state index contributed by atoms with van der Waals surface area (Å²) in [5, 5.41) is 9.21. The van der Waals surface area contributed by atoms with Crippen molar-refractivity contribution >= 4 is 16.8 Å². The van der Waals surface area contributed by atoms with Crippen molar-refractivity contribution in [3.63, 3.8) is 0 Å². The van der Waals surface area contributed by atoms with E-state index in [1.54, 1.807) is 12.1 Å². The first kappa shape index (κ1) is 15.0. The molecule has 0 amide bonds. The van der Waals surface area contributed by atoms with Crippen LogP contribution in [0.1, 0.15) is 42.5 Å². The third kappa shape index (κ3) is 4.34. The Bertz CT molecular complexity index is 481. The van der Waals surface area contributed by atoms with Crippen LogP contribution in [0.2, 0.25) is 0 Å². The number of carboxylic acids is 1. The van der Waals surface area contributed by atoms with Gasteiger partial charge in [-0.25, -0.2) is 4.79 Å². The molecule has 1 saturated carbocycles. The van der Waals surface area contributed by atoms with Crippen LogP contribution in [0.25, 0.3) is 0 Å². The van der Waals surface area contributed by atoms with Gasteiger partial charge in [0.25, 0.3) is 0 Å². The van der Waals surface area contributed by atoms with E-state index in [-0.39, 0.29) is 5.56 Å². The molecular weight excluding hydrogens is 276 g/mol. The quantitative estimate of drug-likeness (QED) is 0.876. The molecule has 2 rings (SSSR count). The fourth-order valence-electron chi connectivity index (χ4n) is 2.46. The monoisotopic (exact) mass is 296 g/mol. The van der Waals surface area contributed by atoms with E-state index in [1.165, 1.54) is 31.4 Å². The standard InChI is InChI=1S/C15H20O4S/c16-15(17)12-5-4-6-13(11-12)19-9-10-20(18)14-7-2-1-3-8-14/h4-6,11,14H,1-3,7-10H2,(H,16,17). The number of hydrogen-bond acceptors (Lipinski definition) is 3. The molecule has 20 heavy (non-hydrogen) atoms. The van der Waals surface area contributed by atoms with E-state index in [4.69, 9.17) is 9.84 Å². The molecule has 1 aromatic rings. The molecule has 0 bridgehead atoms. The summed E-state index contributed by atoms with van der Waals surface area (Å²) in [4.78, 5) is 10.8. The molecule has 1 aromatic carbocycles. The third-order valence-electron chi connectivity index (χ3n) is 3.56. The Balaban J connectivity index is 1.79. The molecule has 0 heterocycles. The van der Waals surface area contributed by atoms with E-state index >= 15 is 0 Å². The molecule has 0 spiro atoms. The molecule has 1 aliphatic rings. The van der Waals surface area contributed by atoms with Gasteiger partial charge in [-0.15, -0.1) is 0 Å². The van der Waals surface area contributed by atoms with Gasteiger partial charge in [0.1, 0.15) is 5.75 Å². The van der Waals surface area contributed by atoms with Crippen LogP contribution >= 0.6 is 0 Å². The van der Waals surface area contributed by atoms with Crippen molar-refractivity contribution in [1.29, 1.82) is 0 Å². The Morgan fingerprint density at radius 1 is 1.30 bits per heavy atom. The maximum absolute atomic E-state index is 12.1. The molecule has 0 aromatic heterocycles. The maximum atomic E-state index is 12.1. The molecule has 1 fully saturated rings. The summed E-state index contributed by atoms with van der Waals surface area (Å²) < 4.78 is 17.6. The zero-order valence-electron chi connectivity index (χ0n) is 11.4. The van der Waals surface area contributed by atoms with E-state index < -0.39 is 16.8 Å². The van der Waals surface area contributed by atoms with Gasteiger partial charge in [-0.05, 0) is 31.0 Å². The van der Waals surface area contributed by atoms with Crippen LogP contribution in [-0.2, 0) is 10.8 Å². The highest BCUT2D eigenvalue weighted by Gasteiger charge is 2.19. The SMILES string of the molecule is O=C(O)c1cccc(OCCS(=O)C2CCCCC2)c1. The molecule has 110 valence electrons. The van der Waals surface area contributed by atoms with Gasteiger partial charge in [0.05, 0.1) is 17.9 Å². The van der Waals surface area contributed by atoms with Crippen LogP contribution < -0.4 is 4.74 Å². The van der Waals surface area contributed by atoms with Crippen molar-refractivity contribution < 1.29 is 18.8 Å². The molecule has 1 N–H and O–H groups in total. The molecule has 1 aliphatic carbocycles. The smallest absolute Gasteiger partial charge is 0.335 e. The van der Waals surface area contributed by atoms with E-state index in [0.29, 0.717) is 23.4 Å². The lowest BCUT2D eigenvalue weighted by Crippen LogP contribution is -2.23. The van der Waals surface area contributed by atoms with Crippen LogP contribution in [0.15, 0.2) is 24.3 Å². The molecule has 5 heteroatoms. The number of benzene rings is 1. The first-order valence-corrected chi connectivity index (χ1v) is 8.38. The predicted octanol–water partition coefficient (Wildman–Crippen LogP) is 2.85. The Hall–Kier alpha value is -1.36. The molecule has 0 saturated heterocycles. The minimum absolute atomic E-state index is 0.205. The van der Waals surface area contributed by atoms with Crippen molar-refractivity contribution in [2.24, 2.45) is 0 Å². The van der Waals surface area contributed by atoms with E-state index in [0.717, 1.165) is 12.8 Å². The second-order valence-corrected chi connectivity index (χ2v) is 6.86. The first-order chi connectivity index (χ1) is 9.66. The van der Waals surface area contributed by atoms with Gasteiger partial charge in [-0.3, -0.25) is 4.21 Å². The van der Waals surface area contributed by atoms with Gasteiger partial charge in [0.15, 0.2) is 0 Å². The molecule has 0 radical (unpaired) electrons. The number of carboxylic acid groups (broad SMARTS) is 1. The lowest BCUT2D eigenvalue weighted by atomic mass is 10.0. The normalized spacial score (nSPS) is 17.6. The lowest BCUT2D eigenvalue weighted by molar-refractivity contribution is 0.0696. The van der Waals surface area contributed by atoms with Gasteiger partial charge in [0, 0.05) is 16.0 Å². The summed E-state index contributed by atoms with van der Waals surface area (Å²) in [5.41, 5.74) is 0.205. The molecule has 1 atom stereocenters. The Morgan fingerprint density at radius 2 is 2.05 bits per heavy atom. The summed E-state index contributed by atoms with van der Waals surface area (Å²) in [6, 6.07) is 6.38. The van der Waals surface area contributed by atoms with Crippen molar-refractivity contribution in [2.45, 2.75) is 37.4 Å². The average Bonchev–Trinajstić information content (AvgIpc) is 2.48. The van der Waals surface area contributed by atoms with Crippen LogP contribution in [0, 0.1) is 0 Å². The second kappa shape index (κ2) is 7.43. The fraction of sp³-hybridized carbons (Fsp3) is 0.533. The van der Waals surface area contributed by atoms with Gasteiger partial charge in [-0.1, -0.05) is 25.3 Å². The van der Waals surface area contributed by atoms with Gasteiger partial charge < -0.3 is 9.84 Å². The summed E-state index contributed by atoms with van der Waals surface area (Å²) in [5.74, 6) is 0.0638. The highest BCUT2D eigenvalue weighted by atomic mass is 32.2. The number of hydrogen-bond donors (Lipinski definition) is 1. The van der Waals surface area contributed by atoms with Crippen LogP contribution in [0.5, 0.6) is 5.75 Å². The molecule has 0 aliphatic heterocycles. The summed E-state index contributed by atoms with van der Waals surface area (Å²) in [6.07, 6.45) is 5.73. The number of rotatable bonds is 6. The minimum Gasteiger partial charge on any atom is -0.493 e. The number of ether oxygens (including phenoxy) is 1. The number of aromatic carboxylic acids is 1. The average molecular weight is 296 g/mol. The Labute approximate surface area is 121 Å². The Morgan fingerprint density at radius 3 is 2.75 bits per heavy atom. The highest BCUT2D eigenvalue weighted by Crippen LogP contribution is 2.22. The zero-order chi connectivity index (χ0) is 14.4. The van der Waals surface area contributed by atoms with Crippen molar-refractivity contribution in [2.75, 3.05) is 12.4 Å². The molecular formula is C15H20O4S. The summed E-state index contributed by atoms with van der Waals surface area (Å²) >= 11 is 0. The third-order valence-corrected chi connectivity index (χ3v) is 5.34. The van der Waals surface area contributed by atoms with Crippen molar-refractivity contribution in [3.05, 3.63) is 29.8 Å². The topological polar surface area (TPSA) is 63.6 Å². The predicted molar refractivity (Wildman–Crippen MR) is 78.8 cm³/mol. The fourth-order valence-corrected chi connectivity index (χ4v) is 3.90. The van der Waals surface area contributed by atoms with Crippen LogP contribution in [0.4, 0.5) is 0 Å². The lowest BCUT2D eigenvalue weighted by Gasteiger charge is -2.20. The molecule has 1 unspecified atom stereocenters. The second-order valence-electron chi connectivity index (χ2n) is 5.03. The van der Waals surface area contributed by atoms with Crippen molar-refractivity contribution in [3.8, 4) is 5.75 Å². The minimum atomic E-state index is -0.971. The van der Waals surface area contributed by atoms with Gasteiger partial charge >= 0.3 is 5.97 Å². The summed E-state index contributed by atoms with van der Waals surface area (Å²) in [6.45, 7) is 0.367. The molecule has 4 nitrogen and oxygen atoms in total. The largest absolute Gasteiger partial charge is 0.493 e. The zero-order valence-corrected chi connectivity index (χ0v) is 12.2. The van der Waals surface area contributed by atoms with E-state index in [9.17, 15) is 9.00 Å². The van der Waals surface area contributed by atoms with Crippen LogP contribution in [-0.4, -0.2) is 32.9 Å². The highest BCUT2D eigenvalue weighted by molar-refractivity contribution is 7.85. The Kier molecular flexibility index (Phi) is 5.59. The van der Waals surface area contributed by atoms with E-state index in [2.05, 4.69) is 0 Å². The van der Waals surface area contributed by atoms with Crippen molar-refractivity contribution in [1.82, 2.24) is 0 Å². The van der Waals surface area contributed by atoms with Crippen LogP contribution in [0.3, 0.4) is 0 Å². The van der Waals surface area contributed by atoms with E-state index in [1.807, 2.05) is 0 Å². The number of carbonyl (C=O) groups is 1. The summed E-state index contributed by atoms with van der Waals surface area (Å²) in [7, 11) is -0.836. The first-order valence-electron chi connectivity index (χ1n) is 7.00. The van der Waals surface area contributed by atoms with Gasteiger partial charge in [0.2, 0.25) is 0 Å². The van der Waals surface area contributed by atoms with Gasteiger partial charge in [-0.2, -0.15) is 0 Å².